The summed E-state index contributed by atoms with van der Waals surface area (Å²) in [5.74, 6) is -1.88. The van der Waals surface area contributed by atoms with Gasteiger partial charge in [0.15, 0.2) is 0 Å². The number of halogens is 2. The standard InChI is InChI=1S/C13H14BrFN2O3/c1-7-4-9(14)10(15)5-11(7)16-13(20)17-3-2-8(6-17)12(18)19/h4-5,8H,2-3,6H2,1H3,(H,16,20)(H,18,19). The quantitative estimate of drug-likeness (QED) is 0.866. The Morgan fingerprint density at radius 1 is 1.50 bits per heavy atom. The smallest absolute Gasteiger partial charge is 0.321 e. The molecule has 2 rings (SSSR count). The first-order valence-electron chi connectivity index (χ1n) is 6.13. The zero-order valence-corrected chi connectivity index (χ0v) is 12.4. The first-order chi connectivity index (χ1) is 9.38. The summed E-state index contributed by atoms with van der Waals surface area (Å²) in [4.78, 5) is 24.3. The second-order valence-electron chi connectivity index (χ2n) is 4.78. The highest BCUT2D eigenvalue weighted by molar-refractivity contribution is 9.10. The number of aryl methyl sites for hydroxylation is 1. The molecule has 0 bridgehead atoms. The van der Waals surface area contributed by atoms with E-state index in [1.165, 1.54) is 11.0 Å². The van der Waals surface area contributed by atoms with Crippen LogP contribution in [-0.2, 0) is 4.79 Å². The van der Waals surface area contributed by atoms with E-state index >= 15 is 0 Å². The molecule has 0 spiro atoms. The van der Waals surface area contributed by atoms with Crippen molar-refractivity contribution in [3.63, 3.8) is 0 Å². The Labute approximate surface area is 123 Å². The Morgan fingerprint density at radius 2 is 2.20 bits per heavy atom. The van der Waals surface area contributed by atoms with Crippen molar-refractivity contribution in [3.05, 3.63) is 28.0 Å². The summed E-state index contributed by atoms with van der Waals surface area (Å²) < 4.78 is 13.8. The Balaban J connectivity index is 2.06. The average Bonchev–Trinajstić information content (AvgIpc) is 2.85. The van der Waals surface area contributed by atoms with Crippen molar-refractivity contribution in [2.75, 3.05) is 18.4 Å². The number of rotatable bonds is 2. The van der Waals surface area contributed by atoms with Crippen LogP contribution in [0.1, 0.15) is 12.0 Å². The lowest BCUT2D eigenvalue weighted by Gasteiger charge is -2.18. The summed E-state index contributed by atoms with van der Waals surface area (Å²) in [6, 6.07) is 2.41. The fourth-order valence-electron chi connectivity index (χ4n) is 2.12. The highest BCUT2D eigenvalue weighted by Gasteiger charge is 2.31. The van der Waals surface area contributed by atoms with Gasteiger partial charge in [-0.25, -0.2) is 9.18 Å². The zero-order valence-electron chi connectivity index (χ0n) is 10.8. The number of benzene rings is 1. The molecule has 0 saturated carbocycles. The molecule has 0 radical (unpaired) electrons. The van der Waals surface area contributed by atoms with E-state index in [9.17, 15) is 14.0 Å². The van der Waals surface area contributed by atoms with Gasteiger partial charge in [0, 0.05) is 18.8 Å². The van der Waals surface area contributed by atoms with E-state index in [4.69, 9.17) is 5.11 Å². The van der Waals surface area contributed by atoms with Gasteiger partial charge in [0.2, 0.25) is 0 Å². The van der Waals surface area contributed by atoms with Crippen LogP contribution < -0.4 is 5.32 Å². The first-order valence-corrected chi connectivity index (χ1v) is 6.92. The molecule has 1 aromatic carbocycles. The zero-order chi connectivity index (χ0) is 14.9. The fraction of sp³-hybridized carbons (Fsp3) is 0.385. The van der Waals surface area contributed by atoms with Crippen LogP contribution in [0, 0.1) is 18.7 Å². The molecule has 1 aromatic rings. The number of anilines is 1. The predicted octanol–water partition coefficient (Wildman–Crippen LogP) is 2.84. The van der Waals surface area contributed by atoms with E-state index in [1.807, 2.05) is 0 Å². The Kier molecular flexibility index (Phi) is 4.27. The maximum Gasteiger partial charge on any atom is 0.321 e. The second-order valence-corrected chi connectivity index (χ2v) is 5.64. The maximum atomic E-state index is 13.5. The molecule has 1 saturated heterocycles. The van der Waals surface area contributed by atoms with Crippen LogP contribution in [0.3, 0.4) is 0 Å². The Bertz CT molecular complexity index is 565. The number of carboxylic acids is 1. The third kappa shape index (κ3) is 3.09. The van der Waals surface area contributed by atoms with E-state index in [0.29, 0.717) is 23.1 Å². The van der Waals surface area contributed by atoms with Gasteiger partial charge in [-0.2, -0.15) is 0 Å². The second kappa shape index (κ2) is 5.78. The van der Waals surface area contributed by atoms with Gasteiger partial charge in [-0.3, -0.25) is 4.79 Å². The van der Waals surface area contributed by atoms with Gasteiger partial charge >= 0.3 is 12.0 Å². The van der Waals surface area contributed by atoms with Crippen LogP contribution >= 0.6 is 15.9 Å². The van der Waals surface area contributed by atoms with Crippen LogP contribution in [0.4, 0.5) is 14.9 Å². The molecule has 5 nitrogen and oxygen atoms in total. The largest absolute Gasteiger partial charge is 0.481 e. The summed E-state index contributed by atoms with van der Waals surface area (Å²) in [6.07, 6.45) is 0.441. The molecule has 0 aliphatic carbocycles. The van der Waals surface area contributed by atoms with Gasteiger partial charge in [0.05, 0.1) is 10.4 Å². The SMILES string of the molecule is Cc1cc(Br)c(F)cc1NC(=O)N1CCC(C(=O)O)C1. The summed E-state index contributed by atoms with van der Waals surface area (Å²) in [6.45, 7) is 2.32. The van der Waals surface area contributed by atoms with E-state index in [1.54, 1.807) is 13.0 Å². The summed E-state index contributed by atoms with van der Waals surface area (Å²) in [5, 5.41) is 11.5. The highest BCUT2D eigenvalue weighted by Crippen LogP contribution is 2.25. The van der Waals surface area contributed by atoms with Crippen LogP contribution in [0.15, 0.2) is 16.6 Å². The van der Waals surface area contributed by atoms with Crippen molar-refractivity contribution < 1.29 is 19.1 Å². The fourth-order valence-corrected chi connectivity index (χ4v) is 2.58. The first kappa shape index (κ1) is 14.8. The minimum absolute atomic E-state index is 0.180. The van der Waals surface area contributed by atoms with E-state index < -0.39 is 23.7 Å². The number of hydrogen-bond donors (Lipinski definition) is 2. The Morgan fingerprint density at radius 3 is 2.80 bits per heavy atom. The van der Waals surface area contributed by atoms with Crippen LogP contribution in [0.2, 0.25) is 0 Å². The monoisotopic (exact) mass is 344 g/mol. The number of hydrogen-bond acceptors (Lipinski definition) is 2. The Hall–Kier alpha value is -1.63. The lowest BCUT2D eigenvalue weighted by atomic mass is 10.1. The molecule has 108 valence electrons. The molecule has 1 heterocycles. The number of carbonyl (C=O) groups excluding carboxylic acids is 1. The number of amides is 2. The van der Waals surface area contributed by atoms with E-state index in [0.717, 1.165) is 5.56 Å². The van der Waals surface area contributed by atoms with Gasteiger partial charge in [-0.15, -0.1) is 0 Å². The molecule has 2 amide bonds. The predicted molar refractivity (Wildman–Crippen MR) is 75.2 cm³/mol. The van der Waals surface area contributed by atoms with Crippen molar-refractivity contribution in [1.29, 1.82) is 0 Å². The van der Waals surface area contributed by atoms with Crippen molar-refractivity contribution in [2.24, 2.45) is 5.92 Å². The molecule has 0 aromatic heterocycles. The van der Waals surface area contributed by atoms with Crippen LogP contribution in [-0.4, -0.2) is 35.1 Å². The minimum atomic E-state index is -0.897. The molecule has 7 heteroatoms. The van der Waals surface area contributed by atoms with Gasteiger partial charge in [0.1, 0.15) is 5.82 Å². The average molecular weight is 345 g/mol. The summed E-state index contributed by atoms with van der Waals surface area (Å²) >= 11 is 3.07. The van der Waals surface area contributed by atoms with Crippen molar-refractivity contribution >= 4 is 33.6 Å². The molecule has 1 atom stereocenters. The lowest BCUT2D eigenvalue weighted by molar-refractivity contribution is -0.141. The maximum absolute atomic E-state index is 13.5. The van der Waals surface area contributed by atoms with Crippen molar-refractivity contribution in [2.45, 2.75) is 13.3 Å². The molecule has 20 heavy (non-hydrogen) atoms. The van der Waals surface area contributed by atoms with Crippen LogP contribution in [0.5, 0.6) is 0 Å². The van der Waals surface area contributed by atoms with E-state index in [-0.39, 0.29) is 6.54 Å². The highest BCUT2D eigenvalue weighted by atomic mass is 79.9. The third-order valence-electron chi connectivity index (χ3n) is 3.33. The van der Waals surface area contributed by atoms with Gasteiger partial charge < -0.3 is 15.3 Å². The number of nitrogens with one attached hydrogen (secondary N) is 1. The topological polar surface area (TPSA) is 69.6 Å². The number of aliphatic carboxylic acids is 1. The van der Waals surface area contributed by atoms with Gasteiger partial charge in [-0.1, -0.05) is 0 Å². The van der Waals surface area contributed by atoms with Gasteiger partial charge in [0.25, 0.3) is 0 Å². The molecular formula is C13H14BrFN2O3. The van der Waals surface area contributed by atoms with Crippen molar-refractivity contribution in [3.8, 4) is 0 Å². The van der Waals surface area contributed by atoms with Crippen molar-refractivity contribution in [1.82, 2.24) is 4.90 Å². The van der Waals surface area contributed by atoms with E-state index in [2.05, 4.69) is 21.2 Å². The third-order valence-corrected chi connectivity index (χ3v) is 3.94. The van der Waals surface area contributed by atoms with Crippen LogP contribution in [0.25, 0.3) is 0 Å². The summed E-state index contributed by atoms with van der Waals surface area (Å²) in [5.41, 5.74) is 1.11. The lowest BCUT2D eigenvalue weighted by Crippen LogP contribution is -2.34. The molecule has 1 fully saturated rings. The number of carbonyl (C=O) groups is 2. The number of nitrogens with zero attached hydrogens (tertiary/aromatic N) is 1. The molecule has 1 aliphatic heterocycles. The number of likely N-dealkylation sites (tertiary alicyclic amines) is 1. The summed E-state index contributed by atoms with van der Waals surface area (Å²) in [7, 11) is 0. The molecule has 2 N–H and O–H groups in total. The number of urea groups is 1. The minimum Gasteiger partial charge on any atom is -0.481 e. The van der Waals surface area contributed by atoms with Gasteiger partial charge in [-0.05, 0) is 47.0 Å². The molecular weight excluding hydrogens is 331 g/mol. The number of carboxylic acid groups (broad SMARTS) is 1. The molecule has 1 aliphatic rings. The normalized spacial score (nSPS) is 18.1. The molecule has 1 unspecified atom stereocenters.